The van der Waals surface area contributed by atoms with E-state index in [4.69, 9.17) is 4.74 Å². The molecule has 26 heavy (non-hydrogen) atoms. The second kappa shape index (κ2) is 8.05. The number of imide groups is 1. The molecule has 1 saturated carbocycles. The van der Waals surface area contributed by atoms with Gasteiger partial charge >= 0.3 is 0 Å². The minimum atomic E-state index is -0.258. The van der Waals surface area contributed by atoms with Crippen molar-refractivity contribution in [2.45, 2.75) is 64.7 Å². The summed E-state index contributed by atoms with van der Waals surface area (Å²) < 4.78 is 5.74. The molecular formula is C19H31N3O4. The molecule has 1 aliphatic carbocycles. The van der Waals surface area contributed by atoms with E-state index >= 15 is 0 Å². The van der Waals surface area contributed by atoms with Crippen LogP contribution in [0.4, 0.5) is 0 Å². The Morgan fingerprint density at radius 3 is 2.19 bits per heavy atom. The van der Waals surface area contributed by atoms with Gasteiger partial charge in [0.1, 0.15) is 6.54 Å². The number of nitrogens with zero attached hydrogens (tertiary/aromatic N) is 2. The first kappa shape index (κ1) is 19.3. The number of likely N-dealkylation sites (tertiary alicyclic amines) is 1. The van der Waals surface area contributed by atoms with Gasteiger partial charge in [0.2, 0.25) is 17.7 Å². The van der Waals surface area contributed by atoms with E-state index in [2.05, 4.69) is 31.0 Å². The van der Waals surface area contributed by atoms with Crippen molar-refractivity contribution in [3.05, 3.63) is 0 Å². The normalized spacial score (nSPS) is 33.9. The zero-order valence-corrected chi connectivity index (χ0v) is 16.1. The van der Waals surface area contributed by atoms with Crippen LogP contribution in [0.15, 0.2) is 0 Å². The molecule has 5 atom stereocenters. The average molecular weight is 365 g/mol. The first-order valence-corrected chi connectivity index (χ1v) is 9.88. The van der Waals surface area contributed by atoms with Gasteiger partial charge in [-0.15, -0.1) is 0 Å². The Labute approximate surface area is 155 Å². The van der Waals surface area contributed by atoms with E-state index in [1.165, 1.54) is 4.90 Å². The lowest BCUT2D eigenvalue weighted by molar-refractivity contribution is -0.143. The summed E-state index contributed by atoms with van der Waals surface area (Å²) >= 11 is 0. The van der Waals surface area contributed by atoms with E-state index < -0.39 is 0 Å². The molecule has 3 rings (SSSR count). The van der Waals surface area contributed by atoms with E-state index in [1.54, 1.807) is 0 Å². The maximum absolute atomic E-state index is 12.4. The van der Waals surface area contributed by atoms with Crippen LogP contribution >= 0.6 is 0 Å². The second-order valence-corrected chi connectivity index (χ2v) is 8.12. The molecule has 2 aliphatic heterocycles. The summed E-state index contributed by atoms with van der Waals surface area (Å²) in [4.78, 5) is 40.7. The molecule has 0 aromatic rings. The molecule has 0 aromatic carbocycles. The van der Waals surface area contributed by atoms with Crippen LogP contribution < -0.4 is 5.32 Å². The number of nitrogens with one attached hydrogen (secondary N) is 1. The first-order chi connectivity index (χ1) is 12.4. The number of carbonyl (C=O) groups excluding carboxylic acids is 3. The van der Waals surface area contributed by atoms with Gasteiger partial charge in [0.15, 0.2) is 0 Å². The summed E-state index contributed by atoms with van der Waals surface area (Å²) in [6.45, 7) is 8.22. The molecule has 1 N–H and O–H groups in total. The van der Waals surface area contributed by atoms with Crippen molar-refractivity contribution in [1.82, 2.24) is 15.1 Å². The monoisotopic (exact) mass is 365 g/mol. The summed E-state index contributed by atoms with van der Waals surface area (Å²) in [6.07, 6.45) is 3.90. The van der Waals surface area contributed by atoms with Gasteiger partial charge in [0.25, 0.3) is 0 Å². The number of carbonyl (C=O) groups is 3. The fourth-order valence-corrected chi connectivity index (χ4v) is 4.55. The van der Waals surface area contributed by atoms with Crippen molar-refractivity contribution in [2.75, 3.05) is 26.2 Å². The number of hydrogen-bond acceptors (Lipinski definition) is 5. The summed E-state index contributed by atoms with van der Waals surface area (Å²) in [5.41, 5.74) is 0. The summed E-state index contributed by atoms with van der Waals surface area (Å²) in [5, 5.41) is 2.89. The Bertz CT molecular complexity index is 533. The van der Waals surface area contributed by atoms with Crippen LogP contribution in [-0.4, -0.2) is 72.0 Å². The van der Waals surface area contributed by atoms with E-state index in [9.17, 15) is 14.4 Å². The maximum atomic E-state index is 12.4. The van der Waals surface area contributed by atoms with Gasteiger partial charge in [-0.05, 0) is 33.6 Å². The van der Waals surface area contributed by atoms with Gasteiger partial charge in [-0.3, -0.25) is 24.2 Å². The molecule has 3 aliphatic rings. The number of ether oxygens (including phenoxy) is 1. The number of fused-ring (bicyclic) bond motifs is 1. The van der Waals surface area contributed by atoms with Crippen LogP contribution in [0.2, 0.25) is 0 Å². The molecule has 0 aromatic heterocycles. The average Bonchev–Trinajstić information content (AvgIpc) is 2.84. The zero-order valence-electron chi connectivity index (χ0n) is 16.1. The van der Waals surface area contributed by atoms with Crippen molar-refractivity contribution in [3.8, 4) is 0 Å². The molecular weight excluding hydrogens is 334 g/mol. The number of rotatable bonds is 5. The Kier molecular flexibility index (Phi) is 5.97. The highest BCUT2D eigenvalue weighted by Crippen LogP contribution is 2.37. The van der Waals surface area contributed by atoms with Crippen molar-refractivity contribution in [1.29, 1.82) is 0 Å². The lowest BCUT2D eigenvalue weighted by atomic mass is 9.81. The predicted molar refractivity (Wildman–Crippen MR) is 96.2 cm³/mol. The van der Waals surface area contributed by atoms with Crippen molar-refractivity contribution >= 4 is 17.7 Å². The molecule has 7 heteroatoms. The minimum absolute atomic E-state index is 0.146. The van der Waals surface area contributed by atoms with Gasteiger partial charge in [-0.25, -0.2) is 0 Å². The SMILES string of the molecule is C[C@@H]1CN([C@H](C)CNC(=O)CN2C(=O)[C@@H]3CCCC[C@H]3C2=O)C[C@@H](C)O1. The molecule has 2 saturated heterocycles. The van der Waals surface area contributed by atoms with E-state index in [-0.39, 0.29) is 54.4 Å². The van der Waals surface area contributed by atoms with Gasteiger partial charge in [0, 0.05) is 25.7 Å². The van der Waals surface area contributed by atoms with Crippen LogP contribution in [0.25, 0.3) is 0 Å². The van der Waals surface area contributed by atoms with Crippen LogP contribution in [0.1, 0.15) is 46.5 Å². The fraction of sp³-hybridized carbons (Fsp3) is 0.842. The molecule has 0 radical (unpaired) electrons. The minimum Gasteiger partial charge on any atom is -0.373 e. The van der Waals surface area contributed by atoms with E-state index in [0.29, 0.717) is 6.54 Å². The van der Waals surface area contributed by atoms with E-state index in [1.807, 2.05) is 0 Å². The van der Waals surface area contributed by atoms with Gasteiger partial charge in [-0.2, -0.15) is 0 Å². The van der Waals surface area contributed by atoms with Gasteiger partial charge in [0.05, 0.1) is 24.0 Å². The van der Waals surface area contributed by atoms with E-state index in [0.717, 1.165) is 38.8 Å². The van der Waals surface area contributed by atoms with Crippen LogP contribution in [-0.2, 0) is 19.1 Å². The van der Waals surface area contributed by atoms with Gasteiger partial charge < -0.3 is 10.1 Å². The van der Waals surface area contributed by atoms with Crippen LogP contribution in [0, 0.1) is 11.8 Å². The van der Waals surface area contributed by atoms with Crippen molar-refractivity contribution in [2.24, 2.45) is 11.8 Å². The largest absolute Gasteiger partial charge is 0.373 e. The molecule has 7 nitrogen and oxygen atoms in total. The Balaban J connectivity index is 1.48. The lowest BCUT2D eigenvalue weighted by Crippen LogP contribution is -2.53. The van der Waals surface area contributed by atoms with Crippen LogP contribution in [0.3, 0.4) is 0 Å². The summed E-state index contributed by atoms with van der Waals surface area (Å²) in [7, 11) is 0. The Morgan fingerprint density at radius 1 is 1.12 bits per heavy atom. The third-order valence-electron chi connectivity index (χ3n) is 5.90. The topological polar surface area (TPSA) is 79.0 Å². The molecule has 3 fully saturated rings. The van der Waals surface area contributed by atoms with Crippen molar-refractivity contribution in [3.63, 3.8) is 0 Å². The second-order valence-electron chi connectivity index (χ2n) is 8.12. The third-order valence-corrected chi connectivity index (χ3v) is 5.90. The molecule has 2 heterocycles. The summed E-state index contributed by atoms with van der Waals surface area (Å²) in [6, 6.07) is 0.181. The smallest absolute Gasteiger partial charge is 0.240 e. The van der Waals surface area contributed by atoms with Crippen LogP contribution in [0.5, 0.6) is 0 Å². The molecule has 0 bridgehead atoms. The number of amides is 3. The molecule has 146 valence electrons. The van der Waals surface area contributed by atoms with Crippen molar-refractivity contribution < 1.29 is 19.1 Å². The third kappa shape index (κ3) is 4.09. The highest BCUT2D eigenvalue weighted by molar-refractivity contribution is 6.07. The highest BCUT2D eigenvalue weighted by Gasteiger charge is 2.48. The highest BCUT2D eigenvalue weighted by atomic mass is 16.5. The Morgan fingerprint density at radius 2 is 1.65 bits per heavy atom. The molecule has 0 unspecified atom stereocenters. The zero-order chi connectivity index (χ0) is 18.8. The van der Waals surface area contributed by atoms with Gasteiger partial charge in [-0.1, -0.05) is 12.8 Å². The lowest BCUT2D eigenvalue weighted by Gasteiger charge is -2.39. The number of hydrogen-bond donors (Lipinski definition) is 1. The quantitative estimate of drug-likeness (QED) is 0.728. The standard InChI is InChI=1S/C19H31N3O4/c1-12(21-9-13(2)26-14(3)10-21)8-20-17(23)11-22-18(24)15-6-4-5-7-16(15)19(22)25/h12-16H,4-11H2,1-3H3,(H,20,23)/t12-,13-,14-,15-,16-/m1/s1. The maximum Gasteiger partial charge on any atom is 0.240 e. The number of morpholine rings is 1. The predicted octanol–water partition coefficient (Wildman–Crippen LogP) is 0.776. The first-order valence-electron chi connectivity index (χ1n) is 9.88. The fourth-order valence-electron chi connectivity index (χ4n) is 4.55. The summed E-state index contributed by atoms with van der Waals surface area (Å²) in [5.74, 6) is -0.956. The molecule has 0 spiro atoms. The Hall–Kier alpha value is -1.47. The molecule has 3 amide bonds.